The Morgan fingerprint density at radius 1 is 0.667 bits per heavy atom. The van der Waals surface area contributed by atoms with Crippen LogP contribution in [0.4, 0.5) is 0 Å². The highest BCUT2D eigenvalue weighted by Crippen LogP contribution is 1.91. The lowest BCUT2D eigenvalue weighted by Crippen LogP contribution is -1.53. The van der Waals surface area contributed by atoms with Crippen molar-refractivity contribution in [2.24, 2.45) is 0 Å². The van der Waals surface area contributed by atoms with Gasteiger partial charge in [0.15, 0.2) is 6.39 Å². The van der Waals surface area contributed by atoms with Crippen LogP contribution in [0.15, 0.2) is 124 Å². The molecular weight excluding hydrogens is 422 g/mol. The molecule has 9 nitrogen and oxygen atoms in total. The molecule has 0 saturated carbocycles. The first-order valence-corrected chi connectivity index (χ1v) is 10.2. The number of rotatable bonds is 0. The van der Waals surface area contributed by atoms with Crippen LogP contribution in [-0.2, 0) is 0 Å². The van der Waals surface area contributed by atoms with E-state index < -0.39 is 0 Å². The van der Waals surface area contributed by atoms with Crippen LogP contribution in [0.3, 0.4) is 0 Å². The number of imidazole rings is 1. The van der Waals surface area contributed by atoms with Crippen LogP contribution >= 0.6 is 22.7 Å². The van der Waals surface area contributed by atoms with E-state index in [-0.39, 0.29) is 0 Å². The molecule has 0 aliphatic carbocycles. The third kappa shape index (κ3) is 18.9. The normalized spacial score (nSPS) is 8.00. The van der Waals surface area contributed by atoms with Crippen LogP contribution in [0.25, 0.3) is 0 Å². The Bertz CT molecular complexity index is 586. The summed E-state index contributed by atoms with van der Waals surface area (Å²) >= 11 is 3.31. The number of hydrogen-bond donors (Lipinski definition) is 2. The fourth-order valence-electron chi connectivity index (χ4n) is 1.19. The van der Waals surface area contributed by atoms with Gasteiger partial charge in [-0.05, 0) is 22.9 Å². The Morgan fingerprint density at radius 3 is 1.73 bits per heavy atom. The molecule has 0 aliphatic heterocycles. The van der Waals surface area contributed by atoms with Crippen molar-refractivity contribution >= 4 is 22.7 Å². The molecule has 0 atom stereocenters. The number of oxazole rings is 1. The van der Waals surface area contributed by atoms with E-state index in [1.807, 2.05) is 40.4 Å². The van der Waals surface area contributed by atoms with Crippen molar-refractivity contribution in [3.05, 3.63) is 115 Å². The number of furan rings is 1. The molecule has 6 heterocycles. The fourth-order valence-corrected chi connectivity index (χ4v) is 1.99. The van der Waals surface area contributed by atoms with Crippen LogP contribution in [-0.4, -0.2) is 35.1 Å². The molecule has 6 aromatic heterocycles. The molecule has 0 amide bonds. The SMILES string of the molecule is c1c[nH]cn1.c1ccoc1.c1ccsc1.c1cocn1.c1cscn1.c1nc[nH]n1. The van der Waals surface area contributed by atoms with E-state index in [1.54, 1.807) is 71.8 Å². The molecule has 0 saturated heterocycles. The van der Waals surface area contributed by atoms with Crippen molar-refractivity contribution in [3.8, 4) is 0 Å². The first kappa shape index (κ1) is 24.2. The van der Waals surface area contributed by atoms with Gasteiger partial charge in [-0.25, -0.2) is 15.0 Å². The van der Waals surface area contributed by atoms with E-state index in [0.29, 0.717) is 0 Å². The van der Waals surface area contributed by atoms with Crippen LogP contribution in [0.5, 0.6) is 0 Å². The Morgan fingerprint density at radius 2 is 1.53 bits per heavy atom. The zero-order valence-electron chi connectivity index (χ0n) is 15.8. The van der Waals surface area contributed by atoms with Gasteiger partial charge in [-0.1, -0.05) is 12.1 Å². The van der Waals surface area contributed by atoms with Gasteiger partial charge in [0.05, 0.1) is 30.6 Å². The minimum atomic E-state index is 1.38. The molecular formula is C19H21N7O2S2. The standard InChI is InChI=1S/C4H4O.C4H4S.C3H4N2.C3H3NO.C3H3NS.C2H3N3/c2*1-2-4-5-3-1;3*1-2-5-3-4-1;1-3-2-5-4-1/h2*1-4H;1-3H,(H,4,5);2*1-3H;1-2H,(H,3,4,5). The first-order chi connectivity index (χ1) is 15.0. The third-order valence-electron chi connectivity index (χ3n) is 2.28. The van der Waals surface area contributed by atoms with Crippen molar-refractivity contribution in [1.82, 2.24) is 35.1 Å². The summed E-state index contributed by atoms with van der Waals surface area (Å²) in [7, 11) is 0. The quantitative estimate of drug-likeness (QED) is 0.336. The maximum Gasteiger partial charge on any atom is 0.180 e. The van der Waals surface area contributed by atoms with Gasteiger partial charge in [-0.2, -0.15) is 16.4 Å². The van der Waals surface area contributed by atoms with Gasteiger partial charge in [-0.15, -0.1) is 11.3 Å². The average Bonchev–Trinajstić information content (AvgIpc) is 3.69. The number of hydrogen-bond acceptors (Lipinski definition) is 9. The van der Waals surface area contributed by atoms with Gasteiger partial charge in [0.2, 0.25) is 0 Å². The van der Waals surface area contributed by atoms with Gasteiger partial charge >= 0.3 is 0 Å². The van der Waals surface area contributed by atoms with E-state index >= 15 is 0 Å². The minimum absolute atomic E-state index is 1.38. The summed E-state index contributed by atoms with van der Waals surface area (Å²) in [6, 6.07) is 7.70. The summed E-state index contributed by atoms with van der Waals surface area (Å²) in [5, 5.41) is 12.0. The zero-order valence-corrected chi connectivity index (χ0v) is 17.5. The largest absolute Gasteiger partial charge is 0.473 e. The summed E-state index contributed by atoms with van der Waals surface area (Å²) in [6.07, 6.45) is 17.5. The molecule has 0 bridgehead atoms. The number of nitrogens with zero attached hydrogens (tertiary/aromatic N) is 5. The van der Waals surface area contributed by atoms with E-state index in [9.17, 15) is 0 Å². The predicted molar refractivity (Wildman–Crippen MR) is 117 cm³/mol. The lowest BCUT2D eigenvalue weighted by atomic mass is 10.7. The number of thiophene rings is 1. The number of H-pyrrole nitrogens is 2. The number of nitrogens with one attached hydrogen (secondary N) is 2. The van der Waals surface area contributed by atoms with Crippen LogP contribution in [0, 0.1) is 0 Å². The topological polar surface area (TPSA) is 122 Å². The molecule has 30 heavy (non-hydrogen) atoms. The van der Waals surface area contributed by atoms with E-state index in [2.05, 4.69) is 44.0 Å². The highest BCUT2D eigenvalue weighted by molar-refractivity contribution is 7.07. The van der Waals surface area contributed by atoms with Gasteiger partial charge in [0.25, 0.3) is 0 Å². The predicted octanol–water partition coefficient (Wildman–Crippen LogP) is 5.06. The molecule has 6 rings (SSSR count). The Kier molecular flexibility index (Phi) is 17.3. The van der Waals surface area contributed by atoms with Gasteiger partial charge in [0.1, 0.15) is 18.9 Å². The first-order valence-electron chi connectivity index (χ1n) is 8.30. The summed E-state index contributed by atoms with van der Waals surface area (Å²) in [5.74, 6) is 0. The average molecular weight is 444 g/mol. The maximum atomic E-state index is 4.58. The highest BCUT2D eigenvalue weighted by Gasteiger charge is 1.61. The second-order valence-corrected chi connectivity index (χ2v) is 5.92. The summed E-state index contributed by atoms with van der Waals surface area (Å²) in [5.41, 5.74) is 1.79. The third-order valence-corrected chi connectivity index (χ3v) is 3.43. The van der Waals surface area contributed by atoms with Crippen molar-refractivity contribution in [1.29, 1.82) is 0 Å². The van der Waals surface area contributed by atoms with Crippen LogP contribution in [0.2, 0.25) is 0 Å². The van der Waals surface area contributed by atoms with Crippen molar-refractivity contribution < 1.29 is 8.83 Å². The van der Waals surface area contributed by atoms with Crippen LogP contribution < -0.4 is 0 Å². The Balaban J connectivity index is 0.000000180. The number of aromatic nitrogens is 7. The molecule has 0 radical (unpaired) electrons. The van der Waals surface area contributed by atoms with Gasteiger partial charge in [-0.3, -0.25) is 10.1 Å². The minimum Gasteiger partial charge on any atom is -0.473 e. The Labute approximate surface area is 181 Å². The molecule has 0 aromatic carbocycles. The second kappa shape index (κ2) is 21.5. The summed E-state index contributed by atoms with van der Waals surface area (Å²) < 4.78 is 9.06. The lowest BCUT2D eigenvalue weighted by molar-refractivity contribution is 0.558. The summed E-state index contributed by atoms with van der Waals surface area (Å²) in [4.78, 5) is 17.3. The van der Waals surface area contributed by atoms with Gasteiger partial charge in [0, 0.05) is 24.0 Å². The van der Waals surface area contributed by atoms with Crippen molar-refractivity contribution in [3.63, 3.8) is 0 Å². The van der Waals surface area contributed by atoms with E-state index in [0.717, 1.165) is 0 Å². The lowest BCUT2D eigenvalue weighted by Gasteiger charge is -1.50. The summed E-state index contributed by atoms with van der Waals surface area (Å²) in [6.45, 7) is 0. The van der Waals surface area contributed by atoms with E-state index in [1.165, 1.54) is 25.3 Å². The van der Waals surface area contributed by atoms with Gasteiger partial charge < -0.3 is 13.8 Å². The van der Waals surface area contributed by atoms with E-state index in [4.69, 9.17) is 0 Å². The van der Waals surface area contributed by atoms with Crippen molar-refractivity contribution in [2.45, 2.75) is 0 Å². The zero-order chi connectivity index (χ0) is 21.2. The number of aromatic amines is 2. The smallest absolute Gasteiger partial charge is 0.180 e. The molecule has 11 heteroatoms. The highest BCUT2D eigenvalue weighted by atomic mass is 32.1. The number of thiazole rings is 1. The molecule has 0 unspecified atom stereocenters. The molecule has 0 spiro atoms. The molecule has 6 aromatic rings. The monoisotopic (exact) mass is 443 g/mol. The molecule has 156 valence electrons. The maximum absolute atomic E-state index is 4.58. The molecule has 0 fully saturated rings. The van der Waals surface area contributed by atoms with Crippen molar-refractivity contribution in [2.75, 3.05) is 0 Å². The fraction of sp³-hybridized carbons (Fsp3) is 0. The molecule has 2 N–H and O–H groups in total. The second-order valence-electron chi connectivity index (χ2n) is 4.35. The Hall–Kier alpha value is -3.83. The van der Waals surface area contributed by atoms with Crippen LogP contribution in [0.1, 0.15) is 0 Å². The molecule has 0 aliphatic rings.